The van der Waals surface area contributed by atoms with Gasteiger partial charge in [-0.2, -0.15) is 0 Å². The highest BCUT2D eigenvalue weighted by Crippen LogP contribution is 2.26. The Kier molecular flexibility index (Phi) is 6.31. The minimum atomic E-state index is 0.730. The average molecular weight is 281 g/mol. The van der Waals surface area contributed by atoms with Gasteiger partial charge in [0.1, 0.15) is 0 Å². The van der Waals surface area contributed by atoms with E-state index in [1.54, 1.807) is 0 Å². The van der Waals surface area contributed by atoms with Gasteiger partial charge in [0.05, 0.1) is 0 Å². The quantitative estimate of drug-likeness (QED) is 0.807. The minimum Gasteiger partial charge on any atom is -0.314 e. The molecular formula is C17H35N3. The third-order valence-corrected chi connectivity index (χ3v) is 5.67. The standard InChI is InChI=1S/C17H35N3/c1-5-9-18-17-8-11-20(15(4)14(17)3)13-16-7-10-19(6-2)12-16/h14-18H,5-13H2,1-4H3. The van der Waals surface area contributed by atoms with Gasteiger partial charge in [-0.3, -0.25) is 4.90 Å². The summed E-state index contributed by atoms with van der Waals surface area (Å²) in [4.78, 5) is 5.37. The first kappa shape index (κ1) is 16.3. The van der Waals surface area contributed by atoms with Gasteiger partial charge < -0.3 is 10.2 Å². The van der Waals surface area contributed by atoms with E-state index in [-0.39, 0.29) is 0 Å². The molecule has 0 aromatic rings. The Balaban J connectivity index is 1.79. The summed E-state index contributed by atoms with van der Waals surface area (Å²) < 4.78 is 0. The van der Waals surface area contributed by atoms with Crippen LogP contribution < -0.4 is 5.32 Å². The number of likely N-dealkylation sites (tertiary alicyclic amines) is 2. The monoisotopic (exact) mass is 281 g/mol. The number of piperidine rings is 1. The molecule has 0 radical (unpaired) electrons. The van der Waals surface area contributed by atoms with Crippen molar-refractivity contribution in [1.82, 2.24) is 15.1 Å². The molecule has 0 spiro atoms. The van der Waals surface area contributed by atoms with Gasteiger partial charge in [-0.1, -0.05) is 20.8 Å². The van der Waals surface area contributed by atoms with Crippen molar-refractivity contribution in [3.63, 3.8) is 0 Å². The molecule has 1 N–H and O–H groups in total. The van der Waals surface area contributed by atoms with Gasteiger partial charge >= 0.3 is 0 Å². The van der Waals surface area contributed by atoms with E-state index < -0.39 is 0 Å². The van der Waals surface area contributed by atoms with Gasteiger partial charge in [0.25, 0.3) is 0 Å². The number of nitrogens with one attached hydrogen (secondary N) is 1. The van der Waals surface area contributed by atoms with Crippen molar-refractivity contribution in [3.05, 3.63) is 0 Å². The van der Waals surface area contributed by atoms with Crippen molar-refractivity contribution in [1.29, 1.82) is 0 Å². The second-order valence-corrected chi connectivity index (χ2v) is 6.99. The first-order valence-corrected chi connectivity index (χ1v) is 8.85. The molecule has 0 amide bonds. The zero-order valence-electron chi connectivity index (χ0n) is 14.1. The summed E-state index contributed by atoms with van der Waals surface area (Å²) in [5.41, 5.74) is 0. The van der Waals surface area contributed by atoms with Crippen LogP contribution in [0.15, 0.2) is 0 Å². The van der Waals surface area contributed by atoms with E-state index >= 15 is 0 Å². The molecule has 3 heteroatoms. The van der Waals surface area contributed by atoms with E-state index in [9.17, 15) is 0 Å². The Bertz CT molecular complexity index is 281. The fraction of sp³-hybridized carbons (Fsp3) is 1.00. The van der Waals surface area contributed by atoms with Crippen molar-refractivity contribution in [2.45, 2.75) is 59.0 Å². The second-order valence-electron chi connectivity index (χ2n) is 6.99. The van der Waals surface area contributed by atoms with Crippen molar-refractivity contribution < 1.29 is 0 Å². The average Bonchev–Trinajstić information content (AvgIpc) is 2.91. The Morgan fingerprint density at radius 1 is 1.10 bits per heavy atom. The maximum Gasteiger partial charge on any atom is 0.0120 e. The summed E-state index contributed by atoms with van der Waals surface area (Å²) in [6.45, 7) is 17.1. The Hall–Kier alpha value is -0.120. The molecule has 4 unspecified atom stereocenters. The predicted octanol–water partition coefficient (Wildman–Crippen LogP) is 2.43. The SMILES string of the molecule is CCCNC1CCN(CC2CCN(CC)C2)C(C)C1C. The molecule has 0 bridgehead atoms. The van der Waals surface area contributed by atoms with Crippen LogP contribution in [0.2, 0.25) is 0 Å². The first-order chi connectivity index (χ1) is 9.65. The largest absolute Gasteiger partial charge is 0.314 e. The van der Waals surface area contributed by atoms with Crippen molar-refractivity contribution in [2.75, 3.05) is 39.3 Å². The predicted molar refractivity (Wildman–Crippen MR) is 87.1 cm³/mol. The summed E-state index contributed by atoms with van der Waals surface area (Å²) >= 11 is 0. The van der Waals surface area contributed by atoms with Gasteiger partial charge in [-0.25, -0.2) is 0 Å². The number of hydrogen-bond acceptors (Lipinski definition) is 3. The number of nitrogens with zero attached hydrogens (tertiary/aromatic N) is 2. The molecule has 0 aromatic carbocycles. The zero-order chi connectivity index (χ0) is 14.5. The number of rotatable bonds is 6. The molecule has 0 saturated carbocycles. The van der Waals surface area contributed by atoms with Crippen molar-refractivity contribution in [3.8, 4) is 0 Å². The van der Waals surface area contributed by atoms with E-state index in [2.05, 4.69) is 42.8 Å². The second kappa shape index (κ2) is 7.77. The van der Waals surface area contributed by atoms with Crippen LogP contribution >= 0.6 is 0 Å². The van der Waals surface area contributed by atoms with Gasteiger partial charge in [0, 0.05) is 25.2 Å². The minimum absolute atomic E-state index is 0.730. The summed E-state index contributed by atoms with van der Waals surface area (Å²) in [6.07, 6.45) is 3.98. The number of hydrogen-bond donors (Lipinski definition) is 1. The van der Waals surface area contributed by atoms with E-state index in [1.165, 1.54) is 58.5 Å². The Labute approximate surface area is 126 Å². The van der Waals surface area contributed by atoms with Crippen molar-refractivity contribution in [2.24, 2.45) is 11.8 Å². The topological polar surface area (TPSA) is 18.5 Å². The molecule has 2 fully saturated rings. The fourth-order valence-corrected chi connectivity index (χ4v) is 4.00. The van der Waals surface area contributed by atoms with E-state index in [1.807, 2.05) is 0 Å². The molecule has 0 aliphatic carbocycles. The molecule has 3 nitrogen and oxygen atoms in total. The van der Waals surface area contributed by atoms with Crippen LogP contribution in [-0.4, -0.2) is 61.2 Å². The lowest BCUT2D eigenvalue weighted by Crippen LogP contribution is -2.54. The summed E-state index contributed by atoms with van der Waals surface area (Å²) in [5, 5.41) is 3.75. The van der Waals surface area contributed by atoms with Crippen LogP contribution in [-0.2, 0) is 0 Å². The van der Waals surface area contributed by atoms with E-state index in [4.69, 9.17) is 0 Å². The maximum atomic E-state index is 3.75. The van der Waals surface area contributed by atoms with Crippen LogP contribution in [0.5, 0.6) is 0 Å². The van der Waals surface area contributed by atoms with Gasteiger partial charge in [-0.05, 0) is 64.2 Å². The van der Waals surface area contributed by atoms with Crippen LogP contribution in [0.1, 0.15) is 47.0 Å². The lowest BCUT2D eigenvalue weighted by atomic mass is 9.86. The molecule has 2 aliphatic rings. The van der Waals surface area contributed by atoms with Gasteiger partial charge in [-0.15, -0.1) is 0 Å². The lowest BCUT2D eigenvalue weighted by Gasteiger charge is -2.44. The summed E-state index contributed by atoms with van der Waals surface area (Å²) in [5.74, 6) is 1.68. The normalized spacial score (nSPS) is 36.6. The molecule has 2 rings (SSSR count). The molecule has 0 aromatic heterocycles. The molecule has 2 heterocycles. The van der Waals surface area contributed by atoms with Gasteiger partial charge in [0.2, 0.25) is 0 Å². The van der Waals surface area contributed by atoms with Crippen LogP contribution in [0, 0.1) is 11.8 Å². The smallest absolute Gasteiger partial charge is 0.0120 e. The molecule has 2 saturated heterocycles. The third-order valence-electron chi connectivity index (χ3n) is 5.67. The highest BCUT2D eigenvalue weighted by Gasteiger charge is 2.34. The van der Waals surface area contributed by atoms with Crippen LogP contribution in [0.25, 0.3) is 0 Å². The Morgan fingerprint density at radius 3 is 2.55 bits per heavy atom. The van der Waals surface area contributed by atoms with E-state index in [0.717, 1.165) is 23.9 Å². The summed E-state index contributed by atoms with van der Waals surface area (Å²) in [6, 6.07) is 1.46. The molecule has 118 valence electrons. The van der Waals surface area contributed by atoms with E-state index in [0.29, 0.717) is 0 Å². The zero-order valence-corrected chi connectivity index (χ0v) is 14.1. The summed E-state index contributed by atoms with van der Waals surface area (Å²) in [7, 11) is 0. The lowest BCUT2D eigenvalue weighted by molar-refractivity contribution is 0.0712. The third kappa shape index (κ3) is 3.96. The van der Waals surface area contributed by atoms with Crippen molar-refractivity contribution >= 4 is 0 Å². The Morgan fingerprint density at radius 2 is 1.90 bits per heavy atom. The molecule has 4 atom stereocenters. The first-order valence-electron chi connectivity index (χ1n) is 8.85. The molecule has 20 heavy (non-hydrogen) atoms. The van der Waals surface area contributed by atoms with Crippen LogP contribution in [0.4, 0.5) is 0 Å². The fourth-order valence-electron chi connectivity index (χ4n) is 4.00. The maximum absolute atomic E-state index is 3.75. The molecular weight excluding hydrogens is 246 g/mol. The highest BCUT2D eigenvalue weighted by molar-refractivity contribution is 4.90. The van der Waals surface area contributed by atoms with Gasteiger partial charge in [0.15, 0.2) is 0 Å². The highest BCUT2D eigenvalue weighted by atomic mass is 15.2. The molecule has 2 aliphatic heterocycles. The van der Waals surface area contributed by atoms with Crippen LogP contribution in [0.3, 0.4) is 0 Å².